The van der Waals surface area contributed by atoms with E-state index in [1.165, 1.54) is 5.57 Å². The van der Waals surface area contributed by atoms with Gasteiger partial charge in [-0.3, -0.25) is 9.79 Å². The maximum atomic E-state index is 11.6. The minimum atomic E-state index is 0.688. The Morgan fingerprint density at radius 3 is 2.51 bits per heavy atom. The first-order valence-corrected chi connectivity index (χ1v) is 12.4. The summed E-state index contributed by atoms with van der Waals surface area (Å²) in [4.78, 5) is 23.4. The van der Waals surface area contributed by atoms with Gasteiger partial charge in [-0.15, -0.1) is 0 Å². The number of rotatable bonds is 7. The van der Waals surface area contributed by atoms with Crippen LogP contribution < -0.4 is 0 Å². The van der Waals surface area contributed by atoms with Crippen LogP contribution in [0.25, 0.3) is 23.3 Å². The Hall–Kier alpha value is -3.44. The molecule has 2 aliphatic heterocycles. The third kappa shape index (κ3) is 5.80. The van der Waals surface area contributed by atoms with E-state index >= 15 is 0 Å². The summed E-state index contributed by atoms with van der Waals surface area (Å²) in [5.41, 5.74) is 9.30. The highest BCUT2D eigenvalue weighted by Gasteiger charge is 2.20. The molecule has 35 heavy (non-hydrogen) atoms. The Bertz CT molecular complexity index is 1200. The first-order valence-electron chi connectivity index (χ1n) is 12.4. The van der Waals surface area contributed by atoms with Crippen LogP contribution in [-0.4, -0.2) is 73.5 Å². The fourth-order valence-corrected chi connectivity index (χ4v) is 4.49. The van der Waals surface area contributed by atoms with Crippen molar-refractivity contribution in [1.29, 1.82) is 0 Å². The van der Waals surface area contributed by atoms with E-state index < -0.39 is 0 Å². The Morgan fingerprint density at radius 2 is 1.80 bits per heavy atom. The second-order valence-corrected chi connectivity index (χ2v) is 9.55. The molecule has 0 bridgehead atoms. The molecular weight excluding hydrogens is 432 g/mol. The number of aldehydes is 1. The monoisotopic (exact) mass is 468 g/mol. The number of allylic oxidation sites excluding steroid dienone is 1. The number of carbonyl (C=O) groups is 1. The zero-order chi connectivity index (χ0) is 24.9. The van der Waals surface area contributed by atoms with Gasteiger partial charge in [0.05, 0.1) is 5.69 Å². The van der Waals surface area contributed by atoms with Crippen LogP contribution in [0.4, 0.5) is 5.69 Å². The third-order valence-electron chi connectivity index (χ3n) is 6.93. The summed E-state index contributed by atoms with van der Waals surface area (Å²) in [6.07, 6.45) is 7.99. The maximum absolute atomic E-state index is 11.6. The summed E-state index contributed by atoms with van der Waals surface area (Å²) in [5, 5.41) is 0. The van der Waals surface area contributed by atoms with Gasteiger partial charge in [0.15, 0.2) is 6.29 Å². The molecule has 0 radical (unpaired) electrons. The first kappa shape index (κ1) is 24.7. The van der Waals surface area contributed by atoms with Crippen LogP contribution in [0.3, 0.4) is 0 Å². The van der Waals surface area contributed by atoms with E-state index in [0.717, 1.165) is 84.8 Å². The summed E-state index contributed by atoms with van der Waals surface area (Å²) in [6.45, 7) is 13.7. The highest BCUT2D eigenvalue weighted by Crippen LogP contribution is 2.34. The zero-order valence-electron chi connectivity index (χ0n) is 21.4. The number of hydrogen-bond acceptors (Lipinski definition) is 5. The van der Waals surface area contributed by atoms with Gasteiger partial charge in [0, 0.05) is 68.7 Å². The number of nitrogens with zero attached hydrogens (tertiary/aromatic N) is 4. The van der Waals surface area contributed by atoms with Gasteiger partial charge in [0.25, 0.3) is 0 Å². The number of piperazine rings is 1. The van der Waals surface area contributed by atoms with Gasteiger partial charge in [-0.05, 0) is 73.6 Å². The molecule has 182 valence electrons. The minimum absolute atomic E-state index is 0.688. The lowest BCUT2D eigenvalue weighted by Crippen LogP contribution is -2.43. The van der Waals surface area contributed by atoms with E-state index in [1.54, 1.807) is 0 Å². The second-order valence-electron chi connectivity index (χ2n) is 9.55. The molecule has 4 rings (SSSR count). The lowest BCUT2D eigenvalue weighted by Gasteiger charge is -2.36. The Morgan fingerprint density at radius 1 is 1.09 bits per heavy atom. The van der Waals surface area contributed by atoms with Gasteiger partial charge < -0.3 is 14.7 Å². The van der Waals surface area contributed by atoms with Crippen molar-refractivity contribution in [2.75, 3.05) is 46.8 Å². The van der Waals surface area contributed by atoms with E-state index in [-0.39, 0.29) is 0 Å². The van der Waals surface area contributed by atoms with Gasteiger partial charge in [-0.2, -0.15) is 0 Å². The summed E-state index contributed by atoms with van der Waals surface area (Å²) >= 11 is 0. The Kier molecular flexibility index (Phi) is 7.67. The fraction of sp³-hybridized carbons (Fsp3) is 0.333. The molecule has 0 amide bonds. The first-order chi connectivity index (χ1) is 16.9. The molecule has 1 saturated heterocycles. The third-order valence-corrected chi connectivity index (χ3v) is 6.93. The SMILES string of the molecule is C=C(C1=Cc2ccc(-c3ccc(C=O)c(/C=C\N(C)CC)c3)cc2N=C(C)C1)N1CCN(C)CC1. The van der Waals surface area contributed by atoms with Crippen LogP contribution in [0.1, 0.15) is 41.8 Å². The van der Waals surface area contributed by atoms with Crippen molar-refractivity contribution in [2.45, 2.75) is 20.3 Å². The minimum Gasteiger partial charge on any atom is -0.381 e. The van der Waals surface area contributed by atoms with E-state index in [0.29, 0.717) is 5.56 Å². The van der Waals surface area contributed by atoms with Crippen LogP contribution in [-0.2, 0) is 0 Å². The highest BCUT2D eigenvalue weighted by atomic mass is 16.1. The van der Waals surface area contributed by atoms with Crippen molar-refractivity contribution < 1.29 is 4.79 Å². The molecule has 0 saturated carbocycles. The number of likely N-dealkylation sites (N-methyl/N-ethyl adjacent to an activating group) is 1. The van der Waals surface area contributed by atoms with Crippen LogP contribution in [0, 0.1) is 0 Å². The molecule has 0 aliphatic carbocycles. The Labute approximate surface area is 209 Å². The molecule has 2 aliphatic rings. The molecule has 5 nitrogen and oxygen atoms in total. The van der Waals surface area contributed by atoms with Crippen molar-refractivity contribution in [2.24, 2.45) is 4.99 Å². The number of fused-ring (bicyclic) bond motifs is 1. The molecule has 0 spiro atoms. The lowest BCUT2D eigenvalue weighted by atomic mass is 9.97. The van der Waals surface area contributed by atoms with E-state index in [2.05, 4.69) is 72.5 Å². The van der Waals surface area contributed by atoms with Gasteiger partial charge in [0.1, 0.15) is 0 Å². The summed E-state index contributed by atoms with van der Waals surface area (Å²) in [6, 6.07) is 12.4. The van der Waals surface area contributed by atoms with Crippen LogP contribution in [0.5, 0.6) is 0 Å². The van der Waals surface area contributed by atoms with Crippen LogP contribution in [0.2, 0.25) is 0 Å². The van der Waals surface area contributed by atoms with Crippen LogP contribution >= 0.6 is 0 Å². The Balaban J connectivity index is 1.65. The molecular formula is C30H36N4O. The smallest absolute Gasteiger partial charge is 0.150 e. The van der Waals surface area contributed by atoms with E-state index in [1.807, 2.05) is 31.5 Å². The zero-order valence-corrected chi connectivity index (χ0v) is 21.4. The topological polar surface area (TPSA) is 39.2 Å². The lowest BCUT2D eigenvalue weighted by molar-refractivity contribution is 0.112. The van der Waals surface area contributed by atoms with Crippen molar-refractivity contribution in [3.63, 3.8) is 0 Å². The normalized spacial score (nSPS) is 16.4. The van der Waals surface area contributed by atoms with Gasteiger partial charge >= 0.3 is 0 Å². The van der Waals surface area contributed by atoms with Gasteiger partial charge in [-0.25, -0.2) is 0 Å². The molecule has 2 aromatic rings. The van der Waals surface area contributed by atoms with Gasteiger partial charge in [-0.1, -0.05) is 30.8 Å². The molecule has 0 atom stereocenters. The summed E-state index contributed by atoms with van der Waals surface area (Å²) in [5.74, 6) is 0. The molecule has 0 aromatic heterocycles. The molecule has 0 unspecified atom stereocenters. The second kappa shape index (κ2) is 10.9. The van der Waals surface area contributed by atoms with E-state index in [4.69, 9.17) is 4.99 Å². The van der Waals surface area contributed by atoms with Crippen molar-refractivity contribution in [1.82, 2.24) is 14.7 Å². The molecule has 1 fully saturated rings. The van der Waals surface area contributed by atoms with Gasteiger partial charge in [0.2, 0.25) is 0 Å². The quantitative estimate of drug-likeness (QED) is 0.487. The standard InChI is InChI=1S/C30H36N4O/c1-6-32(4)12-11-26-18-24(8-10-28(26)21-35)25-7-9-27-19-29(17-22(2)31-30(27)20-25)23(3)34-15-13-33(5)14-16-34/h7-12,18-21H,3,6,13-17H2,1-2,4-5H3/b12-11-. The van der Waals surface area contributed by atoms with Crippen LogP contribution in [0.15, 0.2) is 65.4 Å². The molecule has 5 heteroatoms. The number of carbonyl (C=O) groups excluding carboxylic acids is 1. The van der Waals surface area contributed by atoms with Crippen molar-refractivity contribution >= 4 is 29.8 Å². The van der Waals surface area contributed by atoms with E-state index in [9.17, 15) is 4.79 Å². The fourth-order valence-electron chi connectivity index (χ4n) is 4.49. The maximum Gasteiger partial charge on any atom is 0.150 e. The molecule has 0 N–H and O–H groups in total. The van der Waals surface area contributed by atoms with Crippen molar-refractivity contribution in [3.8, 4) is 11.1 Å². The predicted octanol–water partition coefficient (Wildman–Crippen LogP) is 5.73. The number of hydrogen-bond donors (Lipinski definition) is 0. The number of aliphatic imine (C=N–C) groups is 1. The number of benzene rings is 2. The molecule has 2 heterocycles. The van der Waals surface area contributed by atoms with Crippen molar-refractivity contribution in [3.05, 3.63) is 77.1 Å². The predicted molar refractivity (Wildman–Crippen MR) is 148 cm³/mol. The average Bonchev–Trinajstić information content (AvgIpc) is 3.04. The average molecular weight is 469 g/mol. The largest absolute Gasteiger partial charge is 0.381 e. The summed E-state index contributed by atoms with van der Waals surface area (Å²) in [7, 11) is 4.19. The highest BCUT2D eigenvalue weighted by molar-refractivity contribution is 5.93. The molecule has 2 aromatic carbocycles. The summed E-state index contributed by atoms with van der Waals surface area (Å²) < 4.78 is 0.